The largest absolute Gasteiger partial charge is 0.444 e. The van der Waals surface area contributed by atoms with Crippen molar-refractivity contribution in [2.45, 2.75) is 77.9 Å². The van der Waals surface area contributed by atoms with Gasteiger partial charge in [0.15, 0.2) is 0 Å². The molecule has 1 fully saturated rings. The number of rotatable bonds is 6. The summed E-state index contributed by atoms with van der Waals surface area (Å²) in [7, 11) is 0. The zero-order valence-corrected chi connectivity index (χ0v) is 13.6. The molecule has 2 N–H and O–H groups in total. The third-order valence-electron chi connectivity index (χ3n) is 3.86. The van der Waals surface area contributed by atoms with Crippen LogP contribution >= 0.6 is 0 Å². The lowest BCUT2D eigenvalue weighted by molar-refractivity contribution is 0.0527. The normalized spacial score (nSPS) is 23.4. The zero-order chi connectivity index (χ0) is 15.0. The molecule has 20 heavy (non-hydrogen) atoms. The number of hydrogen-bond donors (Lipinski definition) is 2. The molecular formula is C16H32N2O2. The highest BCUT2D eigenvalue weighted by Gasteiger charge is 2.22. The molecular weight excluding hydrogens is 252 g/mol. The summed E-state index contributed by atoms with van der Waals surface area (Å²) >= 11 is 0. The van der Waals surface area contributed by atoms with E-state index in [1.165, 1.54) is 32.1 Å². The molecule has 1 saturated carbocycles. The van der Waals surface area contributed by atoms with Gasteiger partial charge in [0, 0.05) is 12.6 Å². The molecule has 0 heterocycles. The topological polar surface area (TPSA) is 50.4 Å². The SMILES string of the molecule is CCC1CCCCC1NCCCNC(=O)OC(C)(C)C. The van der Waals surface area contributed by atoms with Crippen LogP contribution in [0.25, 0.3) is 0 Å². The highest BCUT2D eigenvalue weighted by molar-refractivity contribution is 5.67. The van der Waals surface area contributed by atoms with Gasteiger partial charge in [-0.3, -0.25) is 0 Å². The summed E-state index contributed by atoms with van der Waals surface area (Å²) in [5.74, 6) is 0.836. The number of ether oxygens (including phenoxy) is 1. The molecule has 1 amide bonds. The molecule has 4 heteroatoms. The van der Waals surface area contributed by atoms with Gasteiger partial charge in [-0.05, 0) is 52.5 Å². The third kappa shape index (κ3) is 7.13. The summed E-state index contributed by atoms with van der Waals surface area (Å²) in [6, 6.07) is 0.676. The second-order valence-electron chi connectivity index (χ2n) is 6.80. The van der Waals surface area contributed by atoms with Crippen LogP contribution in [-0.2, 0) is 4.74 Å². The van der Waals surface area contributed by atoms with Crippen LogP contribution in [0.4, 0.5) is 4.79 Å². The Kier molecular flexibility index (Phi) is 7.35. The highest BCUT2D eigenvalue weighted by Crippen LogP contribution is 2.26. The molecule has 0 bridgehead atoms. The Hall–Kier alpha value is -0.770. The molecule has 0 aliphatic heterocycles. The van der Waals surface area contributed by atoms with E-state index in [0.717, 1.165) is 18.9 Å². The van der Waals surface area contributed by atoms with E-state index < -0.39 is 5.60 Å². The molecule has 0 aromatic rings. The summed E-state index contributed by atoms with van der Waals surface area (Å²) in [6.07, 6.45) is 7.31. The Morgan fingerprint density at radius 2 is 1.90 bits per heavy atom. The van der Waals surface area contributed by atoms with Crippen molar-refractivity contribution in [3.63, 3.8) is 0 Å². The molecule has 1 aliphatic carbocycles. The monoisotopic (exact) mass is 284 g/mol. The van der Waals surface area contributed by atoms with E-state index in [1.54, 1.807) is 0 Å². The Bertz CT molecular complexity index is 287. The predicted molar refractivity (Wildman–Crippen MR) is 82.9 cm³/mol. The average molecular weight is 284 g/mol. The summed E-state index contributed by atoms with van der Waals surface area (Å²) in [6.45, 7) is 9.56. The summed E-state index contributed by atoms with van der Waals surface area (Å²) in [4.78, 5) is 11.5. The van der Waals surface area contributed by atoms with Crippen molar-refractivity contribution in [3.8, 4) is 0 Å². The van der Waals surface area contributed by atoms with Gasteiger partial charge in [-0.25, -0.2) is 4.79 Å². The molecule has 1 aliphatic rings. The average Bonchev–Trinajstić information content (AvgIpc) is 2.36. The number of nitrogens with one attached hydrogen (secondary N) is 2. The quantitative estimate of drug-likeness (QED) is 0.734. The first kappa shape index (κ1) is 17.3. The van der Waals surface area contributed by atoms with Crippen LogP contribution in [0.15, 0.2) is 0 Å². The van der Waals surface area contributed by atoms with Crippen molar-refractivity contribution in [2.75, 3.05) is 13.1 Å². The fourth-order valence-electron chi connectivity index (χ4n) is 2.85. The maximum atomic E-state index is 11.5. The van der Waals surface area contributed by atoms with Gasteiger partial charge in [-0.1, -0.05) is 26.2 Å². The Morgan fingerprint density at radius 3 is 2.55 bits per heavy atom. The van der Waals surface area contributed by atoms with Gasteiger partial charge >= 0.3 is 6.09 Å². The standard InChI is InChI=1S/C16H32N2O2/c1-5-13-9-6-7-10-14(13)17-11-8-12-18-15(19)20-16(2,3)4/h13-14,17H,5-12H2,1-4H3,(H,18,19). The van der Waals surface area contributed by atoms with Crippen molar-refractivity contribution in [2.24, 2.45) is 5.92 Å². The Labute approximate surface area is 124 Å². The molecule has 2 unspecified atom stereocenters. The van der Waals surface area contributed by atoms with Gasteiger partial charge in [-0.15, -0.1) is 0 Å². The molecule has 1 rings (SSSR count). The van der Waals surface area contributed by atoms with Crippen molar-refractivity contribution < 1.29 is 9.53 Å². The van der Waals surface area contributed by atoms with E-state index in [4.69, 9.17) is 4.74 Å². The van der Waals surface area contributed by atoms with Crippen LogP contribution in [0.1, 0.15) is 66.2 Å². The number of hydrogen-bond acceptors (Lipinski definition) is 3. The number of carbonyl (C=O) groups excluding carboxylic acids is 1. The minimum absolute atomic E-state index is 0.318. The van der Waals surface area contributed by atoms with Crippen molar-refractivity contribution in [3.05, 3.63) is 0 Å². The Morgan fingerprint density at radius 1 is 1.20 bits per heavy atom. The lowest BCUT2D eigenvalue weighted by atomic mass is 9.83. The second-order valence-corrected chi connectivity index (χ2v) is 6.80. The van der Waals surface area contributed by atoms with Gasteiger partial charge in [0.2, 0.25) is 0 Å². The Balaban J connectivity index is 2.08. The molecule has 2 atom stereocenters. The van der Waals surface area contributed by atoms with E-state index in [1.807, 2.05) is 20.8 Å². The number of amides is 1. The predicted octanol–water partition coefficient (Wildman–Crippen LogP) is 3.46. The maximum Gasteiger partial charge on any atom is 0.407 e. The number of carbonyl (C=O) groups is 1. The van der Waals surface area contributed by atoms with E-state index >= 15 is 0 Å². The molecule has 4 nitrogen and oxygen atoms in total. The molecule has 0 saturated heterocycles. The molecule has 0 aromatic carbocycles. The summed E-state index contributed by atoms with van der Waals surface area (Å²) < 4.78 is 5.20. The van der Waals surface area contributed by atoms with Crippen LogP contribution in [0.2, 0.25) is 0 Å². The van der Waals surface area contributed by atoms with E-state index in [-0.39, 0.29) is 6.09 Å². The van der Waals surface area contributed by atoms with E-state index in [0.29, 0.717) is 12.6 Å². The third-order valence-corrected chi connectivity index (χ3v) is 3.86. The maximum absolute atomic E-state index is 11.5. The van der Waals surface area contributed by atoms with Crippen LogP contribution in [0, 0.1) is 5.92 Å². The summed E-state index contributed by atoms with van der Waals surface area (Å²) in [5, 5.41) is 6.45. The summed E-state index contributed by atoms with van der Waals surface area (Å²) in [5.41, 5.74) is -0.418. The van der Waals surface area contributed by atoms with Crippen LogP contribution < -0.4 is 10.6 Å². The minimum Gasteiger partial charge on any atom is -0.444 e. The van der Waals surface area contributed by atoms with Gasteiger partial charge in [0.25, 0.3) is 0 Å². The fraction of sp³-hybridized carbons (Fsp3) is 0.938. The van der Waals surface area contributed by atoms with E-state index in [9.17, 15) is 4.79 Å². The number of alkyl carbamates (subject to hydrolysis) is 1. The van der Waals surface area contributed by atoms with Crippen LogP contribution in [0.3, 0.4) is 0 Å². The lowest BCUT2D eigenvalue weighted by Crippen LogP contribution is -2.40. The lowest BCUT2D eigenvalue weighted by Gasteiger charge is -2.31. The minimum atomic E-state index is -0.418. The second kappa shape index (κ2) is 8.50. The zero-order valence-electron chi connectivity index (χ0n) is 13.6. The van der Waals surface area contributed by atoms with Crippen molar-refractivity contribution >= 4 is 6.09 Å². The van der Waals surface area contributed by atoms with Gasteiger partial charge in [-0.2, -0.15) is 0 Å². The van der Waals surface area contributed by atoms with Gasteiger partial charge < -0.3 is 15.4 Å². The molecule has 0 radical (unpaired) electrons. The smallest absolute Gasteiger partial charge is 0.407 e. The molecule has 0 spiro atoms. The van der Waals surface area contributed by atoms with Crippen LogP contribution in [0.5, 0.6) is 0 Å². The fourth-order valence-corrected chi connectivity index (χ4v) is 2.85. The first-order valence-corrected chi connectivity index (χ1v) is 8.12. The van der Waals surface area contributed by atoms with Gasteiger partial charge in [0.05, 0.1) is 0 Å². The van der Waals surface area contributed by atoms with Gasteiger partial charge in [0.1, 0.15) is 5.60 Å². The van der Waals surface area contributed by atoms with Crippen LogP contribution in [-0.4, -0.2) is 30.8 Å². The van der Waals surface area contributed by atoms with Crippen molar-refractivity contribution in [1.82, 2.24) is 10.6 Å². The molecule has 118 valence electrons. The first-order valence-electron chi connectivity index (χ1n) is 8.12. The van der Waals surface area contributed by atoms with Crippen molar-refractivity contribution in [1.29, 1.82) is 0 Å². The van der Waals surface area contributed by atoms with E-state index in [2.05, 4.69) is 17.6 Å². The first-order chi connectivity index (χ1) is 9.42. The molecule has 0 aromatic heterocycles. The highest BCUT2D eigenvalue weighted by atomic mass is 16.6.